The van der Waals surface area contributed by atoms with E-state index in [0.717, 1.165) is 0 Å². The molecule has 0 aliphatic carbocycles. The number of halogens is 3. The monoisotopic (exact) mass is 359 g/mol. The number of rotatable bonds is 2. The highest BCUT2D eigenvalue weighted by atomic mass is 19.2. The van der Waals surface area contributed by atoms with Gasteiger partial charge < -0.3 is 15.2 Å². The average molecular weight is 359 g/mol. The van der Waals surface area contributed by atoms with E-state index in [0.29, 0.717) is 28.9 Å². The van der Waals surface area contributed by atoms with E-state index in [1.807, 2.05) is 0 Å². The van der Waals surface area contributed by atoms with Crippen molar-refractivity contribution >= 4 is 11.0 Å². The summed E-state index contributed by atoms with van der Waals surface area (Å²) in [5.74, 6) is -4.60. The van der Waals surface area contributed by atoms with Gasteiger partial charge in [-0.15, -0.1) is 0 Å². The summed E-state index contributed by atoms with van der Waals surface area (Å²) < 4.78 is 42.5. The Labute approximate surface area is 145 Å². The van der Waals surface area contributed by atoms with Gasteiger partial charge in [0.05, 0.1) is 28.7 Å². The largest absolute Gasteiger partial charge is 0.503 e. The summed E-state index contributed by atoms with van der Waals surface area (Å²) in [6.07, 6.45) is 1.49. The number of aromatic amines is 1. The van der Waals surface area contributed by atoms with E-state index in [1.54, 1.807) is 18.2 Å². The molecular weight excluding hydrogens is 347 g/mol. The molecule has 4 rings (SSSR count). The number of fused-ring (bicyclic) bond motifs is 1. The van der Waals surface area contributed by atoms with E-state index in [-0.39, 0.29) is 16.8 Å². The minimum atomic E-state index is -1.32. The molecule has 0 saturated carbocycles. The lowest BCUT2D eigenvalue weighted by Gasteiger charge is -2.12. The molecule has 3 N–H and O–H groups in total. The van der Waals surface area contributed by atoms with Gasteiger partial charge >= 0.3 is 0 Å². The van der Waals surface area contributed by atoms with Gasteiger partial charge in [-0.1, -0.05) is 0 Å². The van der Waals surface area contributed by atoms with E-state index >= 15 is 0 Å². The predicted molar refractivity (Wildman–Crippen MR) is 88.8 cm³/mol. The highest BCUT2D eigenvalue weighted by molar-refractivity contribution is 5.80. The molecule has 2 heterocycles. The van der Waals surface area contributed by atoms with Crippen molar-refractivity contribution in [3.63, 3.8) is 0 Å². The number of H-pyrrole nitrogens is 1. The molecule has 26 heavy (non-hydrogen) atoms. The molecule has 132 valence electrons. The SMILES string of the molecule is Cc1c(O)c(O)n(-c2ccc3nc[nH]c3c2)c1-c1cc(F)c(F)cc1F. The predicted octanol–water partition coefficient (Wildman–Crippen LogP) is 4.16. The summed E-state index contributed by atoms with van der Waals surface area (Å²) in [6.45, 7) is 1.44. The van der Waals surface area contributed by atoms with Crippen molar-refractivity contribution in [1.29, 1.82) is 0 Å². The molecule has 0 aliphatic rings. The number of benzene rings is 2. The molecule has 2 aromatic carbocycles. The van der Waals surface area contributed by atoms with E-state index in [9.17, 15) is 23.4 Å². The molecule has 5 nitrogen and oxygen atoms in total. The zero-order valence-electron chi connectivity index (χ0n) is 13.4. The topological polar surface area (TPSA) is 74.1 Å². The summed E-state index contributed by atoms with van der Waals surface area (Å²) in [7, 11) is 0. The lowest BCUT2D eigenvalue weighted by Crippen LogP contribution is -2.00. The minimum Gasteiger partial charge on any atom is -0.503 e. The number of hydrogen-bond acceptors (Lipinski definition) is 3. The maximum Gasteiger partial charge on any atom is 0.240 e. The van der Waals surface area contributed by atoms with E-state index in [1.165, 1.54) is 17.8 Å². The molecule has 0 fully saturated rings. The molecule has 8 heteroatoms. The van der Waals surface area contributed by atoms with Gasteiger partial charge in [0.25, 0.3) is 0 Å². The van der Waals surface area contributed by atoms with Gasteiger partial charge in [-0.05, 0) is 31.2 Å². The van der Waals surface area contributed by atoms with Crippen LogP contribution in [-0.2, 0) is 0 Å². The highest BCUT2D eigenvalue weighted by Crippen LogP contribution is 2.43. The summed E-state index contributed by atoms with van der Waals surface area (Å²) >= 11 is 0. The fourth-order valence-corrected chi connectivity index (χ4v) is 3.00. The Balaban J connectivity index is 2.05. The van der Waals surface area contributed by atoms with Crippen LogP contribution in [0, 0.1) is 24.4 Å². The fourth-order valence-electron chi connectivity index (χ4n) is 3.00. The van der Waals surface area contributed by atoms with Gasteiger partial charge in [-0.2, -0.15) is 0 Å². The van der Waals surface area contributed by atoms with Crippen LogP contribution in [0.25, 0.3) is 28.0 Å². The Hall–Kier alpha value is -3.42. The third-order valence-corrected chi connectivity index (χ3v) is 4.28. The first kappa shape index (κ1) is 16.1. The first-order chi connectivity index (χ1) is 12.4. The van der Waals surface area contributed by atoms with Crippen molar-refractivity contribution in [2.45, 2.75) is 6.92 Å². The molecule has 0 amide bonds. The van der Waals surface area contributed by atoms with Gasteiger partial charge in [0, 0.05) is 17.2 Å². The van der Waals surface area contributed by atoms with Crippen molar-refractivity contribution in [3.05, 3.63) is 59.7 Å². The van der Waals surface area contributed by atoms with Crippen LogP contribution in [0.5, 0.6) is 11.6 Å². The molecule has 0 aliphatic heterocycles. The quantitative estimate of drug-likeness (QED) is 0.471. The number of nitrogens with one attached hydrogen (secondary N) is 1. The van der Waals surface area contributed by atoms with Crippen molar-refractivity contribution in [2.75, 3.05) is 0 Å². The average Bonchev–Trinajstić information content (AvgIpc) is 3.16. The number of hydrogen-bond donors (Lipinski definition) is 3. The Bertz CT molecular complexity index is 1160. The van der Waals surface area contributed by atoms with Crippen LogP contribution in [0.15, 0.2) is 36.7 Å². The smallest absolute Gasteiger partial charge is 0.240 e. The molecule has 2 aromatic heterocycles. The highest BCUT2D eigenvalue weighted by Gasteiger charge is 2.25. The van der Waals surface area contributed by atoms with Crippen LogP contribution >= 0.6 is 0 Å². The minimum absolute atomic E-state index is 0.00950. The van der Waals surface area contributed by atoms with Crippen molar-refractivity contribution < 1.29 is 23.4 Å². The summed E-state index contributed by atoms with van der Waals surface area (Å²) in [5, 5.41) is 20.5. The Morgan fingerprint density at radius 2 is 1.73 bits per heavy atom. The first-order valence-electron chi connectivity index (χ1n) is 7.60. The maximum atomic E-state index is 14.3. The van der Waals surface area contributed by atoms with Crippen molar-refractivity contribution in [3.8, 4) is 28.6 Å². The molecule has 0 saturated heterocycles. The van der Waals surface area contributed by atoms with Crippen LogP contribution < -0.4 is 0 Å². The number of aromatic hydroxyl groups is 2. The van der Waals surface area contributed by atoms with Crippen molar-refractivity contribution in [2.24, 2.45) is 0 Å². The number of imidazole rings is 1. The fraction of sp³-hybridized carbons (Fsp3) is 0.0556. The van der Waals surface area contributed by atoms with Crippen molar-refractivity contribution in [1.82, 2.24) is 14.5 Å². The number of aromatic nitrogens is 3. The Kier molecular flexibility index (Phi) is 3.43. The van der Waals surface area contributed by atoms with Crippen LogP contribution in [0.2, 0.25) is 0 Å². The zero-order chi connectivity index (χ0) is 18.6. The van der Waals surface area contributed by atoms with Crippen LogP contribution in [-0.4, -0.2) is 24.7 Å². The second-order valence-corrected chi connectivity index (χ2v) is 5.83. The Morgan fingerprint density at radius 3 is 2.50 bits per heavy atom. The molecule has 4 aromatic rings. The van der Waals surface area contributed by atoms with E-state index in [4.69, 9.17) is 0 Å². The standard InChI is InChI=1S/C18H12F3N3O2/c1-8-16(10-5-12(20)13(21)6-11(10)19)24(18(26)17(8)25)9-2-3-14-15(4-9)23-7-22-14/h2-7,25-26H,1H3,(H,22,23). The normalized spacial score (nSPS) is 11.4. The van der Waals surface area contributed by atoms with Gasteiger partial charge in [0.1, 0.15) is 5.82 Å². The summed E-state index contributed by atoms with van der Waals surface area (Å²) in [6, 6.07) is 6.01. The van der Waals surface area contributed by atoms with Crippen LogP contribution in [0.1, 0.15) is 5.56 Å². The lowest BCUT2D eigenvalue weighted by molar-refractivity contribution is 0.386. The van der Waals surface area contributed by atoms with Gasteiger partial charge in [0.2, 0.25) is 5.88 Å². The molecule has 0 radical (unpaired) electrons. The molecule has 0 spiro atoms. The maximum absolute atomic E-state index is 14.3. The van der Waals surface area contributed by atoms with Crippen LogP contribution in [0.4, 0.5) is 13.2 Å². The van der Waals surface area contributed by atoms with Crippen LogP contribution in [0.3, 0.4) is 0 Å². The second-order valence-electron chi connectivity index (χ2n) is 5.83. The summed E-state index contributed by atoms with van der Waals surface area (Å²) in [4.78, 5) is 6.99. The lowest BCUT2D eigenvalue weighted by atomic mass is 10.1. The third-order valence-electron chi connectivity index (χ3n) is 4.28. The van der Waals surface area contributed by atoms with Gasteiger partial charge in [-0.25, -0.2) is 18.2 Å². The zero-order valence-corrected chi connectivity index (χ0v) is 13.4. The third kappa shape index (κ3) is 2.22. The van der Waals surface area contributed by atoms with E-state index in [2.05, 4.69) is 9.97 Å². The van der Waals surface area contributed by atoms with Gasteiger partial charge in [-0.3, -0.25) is 4.57 Å². The molecule has 0 atom stereocenters. The molecular formula is C18H12F3N3O2. The molecule has 0 bridgehead atoms. The Morgan fingerprint density at radius 1 is 1.00 bits per heavy atom. The summed E-state index contributed by atoms with van der Waals surface area (Å²) in [5.41, 5.74) is 1.53. The molecule has 0 unspecified atom stereocenters. The van der Waals surface area contributed by atoms with Gasteiger partial charge in [0.15, 0.2) is 17.4 Å². The second kappa shape index (κ2) is 5.55. The first-order valence-corrected chi connectivity index (χ1v) is 7.60. The van der Waals surface area contributed by atoms with E-state index < -0.39 is 29.1 Å². The number of nitrogens with zero attached hydrogens (tertiary/aromatic N) is 2.